The topological polar surface area (TPSA) is 77.1 Å². The lowest BCUT2D eigenvalue weighted by atomic mass is 9.96. The molecule has 41 heavy (non-hydrogen) atoms. The molecule has 5 aromatic carbocycles. The van der Waals surface area contributed by atoms with Crippen LogP contribution in [0.3, 0.4) is 0 Å². The normalized spacial score (nSPS) is 12.4. The number of rotatable bonds is 0. The summed E-state index contributed by atoms with van der Waals surface area (Å²) in [6.07, 6.45) is 0. The molecule has 0 atom stereocenters. The van der Waals surface area contributed by atoms with Crippen LogP contribution < -0.4 is 21.7 Å². The minimum absolute atomic E-state index is 0.128. The van der Waals surface area contributed by atoms with Crippen LogP contribution in [-0.2, 0) is 0 Å². The molecule has 4 aromatic heterocycles. The van der Waals surface area contributed by atoms with Gasteiger partial charge < -0.3 is 8.80 Å². The van der Waals surface area contributed by atoms with Gasteiger partial charge in [-0.3, -0.25) is 19.2 Å². The van der Waals surface area contributed by atoms with Gasteiger partial charge >= 0.3 is 0 Å². The van der Waals surface area contributed by atoms with E-state index in [-0.39, 0.29) is 21.7 Å². The van der Waals surface area contributed by atoms with Crippen molar-refractivity contribution in [3.05, 3.63) is 137 Å². The molecule has 0 unspecified atom stereocenters. The second kappa shape index (κ2) is 7.31. The van der Waals surface area contributed by atoms with Crippen molar-refractivity contribution in [2.45, 2.75) is 6.92 Å². The fourth-order valence-corrected chi connectivity index (χ4v) is 7.03. The summed E-state index contributed by atoms with van der Waals surface area (Å²) in [6, 6.07) is 27.1. The first kappa shape index (κ1) is 22.2. The number of fused-ring (bicyclic) bond motifs is 8. The van der Waals surface area contributed by atoms with E-state index in [1.54, 1.807) is 48.5 Å². The first-order valence-electron chi connectivity index (χ1n) is 13.4. The molecule has 0 bridgehead atoms. The third kappa shape index (κ3) is 2.49. The van der Waals surface area contributed by atoms with Crippen LogP contribution in [0.15, 0.2) is 110 Å². The Morgan fingerprint density at radius 3 is 1.22 bits per heavy atom. The molecule has 0 aliphatic heterocycles. The molecule has 0 N–H and O–H groups in total. The predicted molar refractivity (Wildman–Crippen MR) is 166 cm³/mol. The van der Waals surface area contributed by atoms with Crippen LogP contribution in [0.4, 0.5) is 0 Å². The van der Waals surface area contributed by atoms with E-state index in [2.05, 4.69) is 0 Å². The Morgan fingerprint density at radius 2 is 0.780 bits per heavy atom. The zero-order chi connectivity index (χ0) is 27.7. The molecule has 0 fully saturated rings. The fourth-order valence-electron chi connectivity index (χ4n) is 7.03. The Morgan fingerprint density at radius 1 is 0.415 bits per heavy atom. The van der Waals surface area contributed by atoms with Gasteiger partial charge in [-0.15, -0.1) is 0 Å². The average Bonchev–Trinajstić information content (AvgIpc) is 3.00. The Balaban J connectivity index is 1.72. The molecule has 9 rings (SSSR count). The van der Waals surface area contributed by atoms with Crippen LogP contribution in [0.5, 0.6) is 0 Å². The summed E-state index contributed by atoms with van der Waals surface area (Å²) in [6.45, 7) is 1.82. The number of para-hydroxylation sites is 4. The molecule has 0 radical (unpaired) electrons. The minimum atomic E-state index is -0.220. The van der Waals surface area contributed by atoms with E-state index in [0.29, 0.717) is 81.8 Å². The Hall–Kier alpha value is -5.62. The van der Waals surface area contributed by atoms with Crippen molar-refractivity contribution in [3.63, 3.8) is 0 Å². The maximum atomic E-state index is 14.2. The van der Waals surface area contributed by atoms with E-state index in [4.69, 9.17) is 0 Å². The minimum Gasteiger partial charge on any atom is -0.307 e. The van der Waals surface area contributed by atoms with Crippen LogP contribution >= 0.6 is 0 Å². The third-order valence-electron chi connectivity index (χ3n) is 8.75. The molecule has 0 spiro atoms. The summed E-state index contributed by atoms with van der Waals surface area (Å²) in [7, 11) is 0. The largest absolute Gasteiger partial charge is 0.307 e. The molecule has 4 heterocycles. The Kier molecular flexibility index (Phi) is 3.96. The van der Waals surface area contributed by atoms with Crippen LogP contribution in [0.2, 0.25) is 0 Å². The molecule has 192 valence electrons. The van der Waals surface area contributed by atoms with Crippen LogP contribution in [0.1, 0.15) is 5.56 Å². The molecule has 9 aromatic rings. The van der Waals surface area contributed by atoms with Crippen LogP contribution in [-0.4, -0.2) is 8.80 Å². The van der Waals surface area contributed by atoms with Gasteiger partial charge in [-0.05, 0) is 67.1 Å². The number of nitrogens with zero attached hydrogens (tertiary/aromatic N) is 2. The summed E-state index contributed by atoms with van der Waals surface area (Å²) in [5.41, 5.74) is 3.58. The molecule has 0 aliphatic carbocycles. The number of aromatic nitrogens is 2. The standard InChI is InChI=1S/C35H18N2O4/c1-17-28-26(36-24-14-4-2-8-18(24)32(38)20-10-6-12-22(30(20)36)34(28)40)16-27-29(17)35(41)23-13-7-11-21-31(23)37(27)25-15-5-3-9-19(25)33(21)39/h2-16H,1H3. The van der Waals surface area contributed by atoms with Crippen molar-refractivity contribution in [1.29, 1.82) is 0 Å². The van der Waals surface area contributed by atoms with Crippen molar-refractivity contribution in [2.24, 2.45) is 0 Å². The number of pyridine rings is 4. The van der Waals surface area contributed by atoms with Crippen LogP contribution in [0.25, 0.3) is 76.2 Å². The molecule has 0 saturated carbocycles. The molecule has 6 heteroatoms. The molecule has 0 aliphatic rings. The van der Waals surface area contributed by atoms with Gasteiger partial charge in [0.25, 0.3) is 0 Å². The number of benzene rings is 5. The summed E-state index contributed by atoms with van der Waals surface area (Å²) in [5.74, 6) is 0. The smallest absolute Gasteiger partial charge is 0.197 e. The van der Waals surface area contributed by atoms with E-state index in [0.717, 1.165) is 0 Å². The highest BCUT2D eigenvalue weighted by Crippen LogP contribution is 2.33. The van der Waals surface area contributed by atoms with E-state index < -0.39 is 0 Å². The number of hydrogen-bond donors (Lipinski definition) is 0. The van der Waals surface area contributed by atoms with Gasteiger partial charge in [0.2, 0.25) is 0 Å². The summed E-state index contributed by atoms with van der Waals surface area (Å²) in [5, 5.41) is 3.76. The highest BCUT2D eigenvalue weighted by Gasteiger charge is 2.23. The summed E-state index contributed by atoms with van der Waals surface area (Å²) in [4.78, 5) is 55.4. The van der Waals surface area contributed by atoms with Gasteiger partial charge in [-0.2, -0.15) is 0 Å². The average molecular weight is 531 g/mol. The Bertz CT molecular complexity index is 2710. The van der Waals surface area contributed by atoms with Gasteiger partial charge in [0.1, 0.15) is 0 Å². The van der Waals surface area contributed by atoms with E-state index in [9.17, 15) is 19.2 Å². The molecular formula is C35H18N2O4. The van der Waals surface area contributed by atoms with Gasteiger partial charge in [-0.25, -0.2) is 0 Å². The zero-order valence-corrected chi connectivity index (χ0v) is 21.7. The third-order valence-corrected chi connectivity index (χ3v) is 8.75. The first-order valence-corrected chi connectivity index (χ1v) is 13.4. The van der Waals surface area contributed by atoms with Crippen LogP contribution in [0, 0.1) is 6.92 Å². The lowest BCUT2D eigenvalue weighted by Crippen LogP contribution is -2.18. The van der Waals surface area contributed by atoms with Crippen molar-refractivity contribution in [1.82, 2.24) is 8.80 Å². The molecule has 0 amide bonds. The highest BCUT2D eigenvalue weighted by molar-refractivity contribution is 6.14. The maximum absolute atomic E-state index is 14.2. The van der Waals surface area contributed by atoms with Gasteiger partial charge in [-0.1, -0.05) is 36.4 Å². The zero-order valence-electron chi connectivity index (χ0n) is 21.7. The van der Waals surface area contributed by atoms with Crippen molar-refractivity contribution >= 4 is 76.2 Å². The van der Waals surface area contributed by atoms with Crippen molar-refractivity contribution in [3.8, 4) is 0 Å². The van der Waals surface area contributed by atoms with E-state index in [1.165, 1.54) is 0 Å². The lowest BCUT2D eigenvalue weighted by molar-refractivity contribution is 1.28. The second-order valence-corrected chi connectivity index (χ2v) is 10.7. The van der Waals surface area contributed by atoms with Gasteiger partial charge in [0, 0.05) is 32.3 Å². The SMILES string of the molecule is Cc1c2c(=O)c3cccc4c(=O)c5ccccc5n(c2cc2c1c(=O)c1cccc5c(=O)c6ccccc6n2c51)c43. The monoisotopic (exact) mass is 530 g/mol. The molecular weight excluding hydrogens is 512 g/mol. The molecule has 0 saturated heterocycles. The van der Waals surface area contributed by atoms with Crippen molar-refractivity contribution in [2.75, 3.05) is 0 Å². The van der Waals surface area contributed by atoms with Gasteiger partial charge in [0.15, 0.2) is 21.7 Å². The lowest BCUT2D eigenvalue weighted by Gasteiger charge is -2.19. The highest BCUT2D eigenvalue weighted by atomic mass is 16.1. The number of aryl methyl sites for hydroxylation is 1. The quantitative estimate of drug-likeness (QED) is 0.185. The fraction of sp³-hybridized carbons (Fsp3) is 0.0286. The number of hydrogen-bond acceptors (Lipinski definition) is 4. The first-order chi connectivity index (χ1) is 20.0. The second-order valence-electron chi connectivity index (χ2n) is 10.7. The van der Waals surface area contributed by atoms with Gasteiger partial charge in [0.05, 0.1) is 43.9 Å². The summed E-state index contributed by atoms with van der Waals surface area (Å²) >= 11 is 0. The summed E-state index contributed by atoms with van der Waals surface area (Å²) < 4.78 is 3.97. The van der Waals surface area contributed by atoms with E-state index in [1.807, 2.05) is 58.2 Å². The maximum Gasteiger partial charge on any atom is 0.197 e. The molecule has 6 nitrogen and oxygen atoms in total. The van der Waals surface area contributed by atoms with E-state index >= 15 is 0 Å². The Labute approximate surface area is 229 Å². The van der Waals surface area contributed by atoms with Crippen molar-refractivity contribution < 1.29 is 0 Å². The predicted octanol–water partition coefficient (Wildman–Crippen LogP) is 5.74.